The number of ether oxygens (including phenoxy) is 1. The zero-order valence-corrected chi connectivity index (χ0v) is 15.4. The molecule has 1 fully saturated rings. The van der Waals surface area contributed by atoms with E-state index in [9.17, 15) is 13.2 Å². The van der Waals surface area contributed by atoms with Gasteiger partial charge in [-0.05, 0) is 18.2 Å². The highest BCUT2D eigenvalue weighted by molar-refractivity contribution is 7.92. The van der Waals surface area contributed by atoms with Gasteiger partial charge in [0.2, 0.25) is 10.0 Å². The van der Waals surface area contributed by atoms with Gasteiger partial charge in [-0.15, -0.1) is 0 Å². The normalized spacial score (nSPS) is 16.0. The summed E-state index contributed by atoms with van der Waals surface area (Å²) in [4.78, 5) is 14.5. The van der Waals surface area contributed by atoms with Crippen LogP contribution in [0.3, 0.4) is 0 Å². The van der Waals surface area contributed by atoms with Gasteiger partial charge in [-0.2, -0.15) is 0 Å². The maximum absolute atomic E-state index is 12.3. The van der Waals surface area contributed by atoms with E-state index >= 15 is 0 Å². The molecule has 0 bridgehead atoms. The number of amides is 1. The molecule has 0 aromatic heterocycles. The molecule has 0 spiro atoms. The van der Waals surface area contributed by atoms with Gasteiger partial charge in [0.05, 0.1) is 30.2 Å². The Labute approximate surface area is 147 Å². The largest absolute Gasteiger partial charge is 0.379 e. The Hall–Kier alpha value is -1.35. The van der Waals surface area contributed by atoms with Crippen LogP contribution < -0.4 is 9.62 Å². The first-order chi connectivity index (χ1) is 11.3. The second kappa shape index (κ2) is 8.15. The number of morpholine rings is 1. The number of halogens is 1. The summed E-state index contributed by atoms with van der Waals surface area (Å²) in [7, 11) is -2.05. The van der Waals surface area contributed by atoms with Gasteiger partial charge in [-0.1, -0.05) is 11.6 Å². The molecule has 24 heavy (non-hydrogen) atoms. The van der Waals surface area contributed by atoms with E-state index in [1.54, 1.807) is 6.07 Å². The molecule has 0 aliphatic carbocycles. The van der Waals surface area contributed by atoms with Crippen LogP contribution in [0.1, 0.15) is 10.4 Å². The van der Waals surface area contributed by atoms with Gasteiger partial charge in [0.1, 0.15) is 0 Å². The van der Waals surface area contributed by atoms with E-state index in [0.717, 1.165) is 30.2 Å². The van der Waals surface area contributed by atoms with Crippen molar-refractivity contribution in [1.82, 2.24) is 10.2 Å². The van der Waals surface area contributed by atoms with E-state index in [4.69, 9.17) is 16.3 Å². The third kappa shape index (κ3) is 5.07. The number of sulfonamides is 1. The van der Waals surface area contributed by atoms with Crippen molar-refractivity contribution in [2.75, 3.05) is 57.0 Å². The van der Waals surface area contributed by atoms with Gasteiger partial charge in [0.25, 0.3) is 5.91 Å². The first kappa shape index (κ1) is 19.0. The molecule has 1 aliphatic rings. The highest BCUT2D eigenvalue weighted by Gasteiger charge is 2.18. The van der Waals surface area contributed by atoms with Gasteiger partial charge in [0.15, 0.2) is 0 Å². The molecule has 7 nitrogen and oxygen atoms in total. The predicted molar refractivity (Wildman–Crippen MR) is 94.3 cm³/mol. The predicted octanol–water partition coefficient (Wildman–Crippen LogP) is 0.798. The Balaban J connectivity index is 1.99. The third-order valence-corrected chi connectivity index (χ3v) is 5.37. The molecule has 9 heteroatoms. The minimum Gasteiger partial charge on any atom is -0.379 e. The van der Waals surface area contributed by atoms with Crippen LogP contribution in [-0.4, -0.2) is 71.9 Å². The zero-order valence-electron chi connectivity index (χ0n) is 13.8. The van der Waals surface area contributed by atoms with Crippen molar-refractivity contribution >= 4 is 33.2 Å². The molecule has 1 aliphatic heterocycles. The molecule has 134 valence electrons. The second-order valence-electron chi connectivity index (χ2n) is 5.61. The van der Waals surface area contributed by atoms with Crippen molar-refractivity contribution in [1.29, 1.82) is 0 Å². The Bertz CT molecular complexity index is 690. The summed E-state index contributed by atoms with van der Waals surface area (Å²) in [5.41, 5.74) is 0.645. The summed E-state index contributed by atoms with van der Waals surface area (Å²) in [6.07, 6.45) is 1.08. The van der Waals surface area contributed by atoms with Crippen LogP contribution in [-0.2, 0) is 14.8 Å². The fourth-order valence-electron chi connectivity index (χ4n) is 2.33. The van der Waals surface area contributed by atoms with Crippen LogP contribution in [0.25, 0.3) is 0 Å². The van der Waals surface area contributed by atoms with E-state index in [-0.39, 0.29) is 16.6 Å². The molecule has 1 saturated heterocycles. The van der Waals surface area contributed by atoms with Crippen molar-refractivity contribution in [3.8, 4) is 0 Å². The third-order valence-electron chi connectivity index (χ3n) is 3.86. The van der Waals surface area contributed by atoms with Gasteiger partial charge in [0, 0.05) is 38.8 Å². The standard InChI is InChI=1S/C15H22ClN3O4S/c1-18(24(2,21)22)14-11-12(3-4-13(14)16)15(20)17-5-6-19-7-9-23-10-8-19/h3-4,11H,5-10H2,1-2H3,(H,17,20). The maximum Gasteiger partial charge on any atom is 0.251 e. The average Bonchev–Trinajstić information content (AvgIpc) is 2.54. The fraction of sp³-hybridized carbons (Fsp3) is 0.533. The summed E-state index contributed by atoms with van der Waals surface area (Å²) in [6.45, 7) is 4.41. The minimum absolute atomic E-state index is 0.261. The van der Waals surface area contributed by atoms with Crippen molar-refractivity contribution in [3.05, 3.63) is 28.8 Å². The van der Waals surface area contributed by atoms with Crippen molar-refractivity contribution < 1.29 is 17.9 Å². The number of hydrogen-bond acceptors (Lipinski definition) is 5. The van der Waals surface area contributed by atoms with Gasteiger partial charge >= 0.3 is 0 Å². The van der Waals surface area contributed by atoms with Crippen LogP contribution in [0, 0.1) is 0 Å². The number of nitrogens with zero attached hydrogens (tertiary/aromatic N) is 2. The van der Waals surface area contributed by atoms with E-state index in [2.05, 4.69) is 10.2 Å². The lowest BCUT2D eigenvalue weighted by atomic mass is 10.2. The molecule has 0 radical (unpaired) electrons. The first-order valence-electron chi connectivity index (χ1n) is 7.61. The van der Waals surface area contributed by atoms with E-state index in [0.29, 0.717) is 25.3 Å². The van der Waals surface area contributed by atoms with Crippen LogP contribution >= 0.6 is 11.6 Å². The summed E-state index contributed by atoms with van der Waals surface area (Å²) >= 11 is 6.05. The minimum atomic E-state index is -3.45. The van der Waals surface area contributed by atoms with Crippen LogP contribution in [0.4, 0.5) is 5.69 Å². The number of rotatable bonds is 6. The molecule has 1 heterocycles. The lowest BCUT2D eigenvalue weighted by molar-refractivity contribution is 0.0383. The Morgan fingerprint density at radius 1 is 1.38 bits per heavy atom. The lowest BCUT2D eigenvalue weighted by Gasteiger charge is -2.26. The zero-order chi connectivity index (χ0) is 17.7. The van der Waals surface area contributed by atoms with Crippen LogP contribution in [0.2, 0.25) is 5.02 Å². The van der Waals surface area contributed by atoms with E-state index in [1.165, 1.54) is 19.2 Å². The Morgan fingerprint density at radius 3 is 2.67 bits per heavy atom. The van der Waals surface area contributed by atoms with Gasteiger partial charge < -0.3 is 10.1 Å². The van der Waals surface area contributed by atoms with Crippen LogP contribution in [0.15, 0.2) is 18.2 Å². The highest BCUT2D eigenvalue weighted by Crippen LogP contribution is 2.27. The summed E-state index contributed by atoms with van der Waals surface area (Å²) in [5, 5.41) is 3.11. The number of benzene rings is 1. The van der Waals surface area contributed by atoms with E-state index in [1.807, 2.05) is 0 Å². The quantitative estimate of drug-likeness (QED) is 0.795. The molecular formula is C15H22ClN3O4S. The topological polar surface area (TPSA) is 79.0 Å². The number of hydrogen-bond donors (Lipinski definition) is 1. The van der Waals surface area contributed by atoms with Crippen molar-refractivity contribution in [2.45, 2.75) is 0 Å². The highest BCUT2D eigenvalue weighted by atomic mass is 35.5. The fourth-order valence-corrected chi connectivity index (χ4v) is 3.13. The summed E-state index contributed by atoms with van der Waals surface area (Å²) in [6, 6.07) is 4.58. The van der Waals surface area contributed by atoms with Crippen LogP contribution in [0.5, 0.6) is 0 Å². The van der Waals surface area contributed by atoms with Gasteiger partial charge in [-0.3, -0.25) is 14.0 Å². The number of carbonyl (C=O) groups excluding carboxylic acids is 1. The van der Waals surface area contributed by atoms with Gasteiger partial charge in [-0.25, -0.2) is 8.42 Å². The van der Waals surface area contributed by atoms with Crippen molar-refractivity contribution in [3.63, 3.8) is 0 Å². The molecular weight excluding hydrogens is 354 g/mol. The Morgan fingerprint density at radius 2 is 2.04 bits per heavy atom. The summed E-state index contributed by atoms with van der Waals surface area (Å²) in [5.74, 6) is -0.261. The molecule has 0 unspecified atom stereocenters. The Kier molecular flexibility index (Phi) is 6.45. The average molecular weight is 376 g/mol. The number of anilines is 1. The smallest absolute Gasteiger partial charge is 0.251 e. The molecule has 0 atom stereocenters. The number of nitrogens with one attached hydrogen (secondary N) is 1. The van der Waals surface area contributed by atoms with E-state index < -0.39 is 10.0 Å². The molecule has 0 saturated carbocycles. The SMILES string of the molecule is CN(c1cc(C(=O)NCCN2CCOCC2)ccc1Cl)S(C)(=O)=O. The molecule has 1 amide bonds. The molecule has 1 aromatic carbocycles. The first-order valence-corrected chi connectivity index (χ1v) is 9.83. The molecule has 2 rings (SSSR count). The lowest BCUT2D eigenvalue weighted by Crippen LogP contribution is -2.41. The second-order valence-corrected chi connectivity index (χ2v) is 8.03. The number of carbonyl (C=O) groups is 1. The maximum atomic E-state index is 12.3. The summed E-state index contributed by atoms with van der Waals surface area (Å²) < 4.78 is 29.7. The van der Waals surface area contributed by atoms with Crippen molar-refractivity contribution in [2.24, 2.45) is 0 Å². The monoisotopic (exact) mass is 375 g/mol. The molecule has 1 N–H and O–H groups in total. The molecule has 1 aromatic rings.